The maximum absolute atomic E-state index is 12.1. The standard InChI is InChI=1S/C11H11N5O3S2/c12-11-13-5(4-21-11)6(15-19)8(17)14-7-9(18)16-2-1-3-20-10(7)16/h1-2,4,7,10,19H,3H2,(H2,12,13)(H,14,17)/b15-6-/t7-,10+/m1/s1. The van der Waals surface area contributed by atoms with Gasteiger partial charge in [0.2, 0.25) is 0 Å². The van der Waals surface area contributed by atoms with E-state index in [1.54, 1.807) is 22.9 Å². The van der Waals surface area contributed by atoms with Gasteiger partial charge in [-0.3, -0.25) is 9.59 Å². The molecule has 3 heterocycles. The maximum atomic E-state index is 12.1. The molecule has 4 N–H and O–H groups in total. The van der Waals surface area contributed by atoms with Crippen LogP contribution in [0.25, 0.3) is 0 Å². The minimum absolute atomic E-state index is 0.119. The first kappa shape index (κ1) is 13.9. The second kappa shape index (κ2) is 5.37. The van der Waals surface area contributed by atoms with E-state index in [4.69, 9.17) is 10.9 Å². The fourth-order valence-corrected chi connectivity index (χ4v) is 3.74. The van der Waals surface area contributed by atoms with E-state index >= 15 is 0 Å². The smallest absolute Gasteiger partial charge is 0.276 e. The zero-order valence-corrected chi connectivity index (χ0v) is 12.2. The molecule has 0 bridgehead atoms. The summed E-state index contributed by atoms with van der Waals surface area (Å²) in [5, 5.41) is 16.2. The summed E-state index contributed by atoms with van der Waals surface area (Å²) in [6, 6.07) is -0.625. The molecule has 0 saturated carbocycles. The average molecular weight is 325 g/mol. The van der Waals surface area contributed by atoms with Gasteiger partial charge in [-0.15, -0.1) is 23.1 Å². The number of nitrogens with zero attached hydrogens (tertiary/aromatic N) is 3. The van der Waals surface area contributed by atoms with Crippen molar-refractivity contribution < 1.29 is 14.8 Å². The van der Waals surface area contributed by atoms with E-state index < -0.39 is 11.9 Å². The number of nitrogens with one attached hydrogen (secondary N) is 1. The number of oxime groups is 1. The summed E-state index contributed by atoms with van der Waals surface area (Å²) in [5.74, 6) is -0.0625. The molecule has 1 aromatic rings. The highest BCUT2D eigenvalue weighted by molar-refractivity contribution is 8.00. The van der Waals surface area contributed by atoms with Crippen molar-refractivity contribution in [2.24, 2.45) is 5.16 Å². The first-order valence-corrected chi connectivity index (χ1v) is 7.89. The van der Waals surface area contributed by atoms with Gasteiger partial charge in [-0.1, -0.05) is 11.2 Å². The van der Waals surface area contributed by atoms with Crippen molar-refractivity contribution in [3.63, 3.8) is 0 Å². The molecule has 0 unspecified atom stereocenters. The normalized spacial score (nSPS) is 24.5. The van der Waals surface area contributed by atoms with E-state index in [-0.39, 0.29) is 27.8 Å². The van der Waals surface area contributed by atoms with Crippen LogP contribution in [0.1, 0.15) is 5.69 Å². The van der Waals surface area contributed by atoms with Crippen LogP contribution in [0.15, 0.2) is 22.8 Å². The Kier molecular flexibility index (Phi) is 3.55. The molecule has 1 aromatic heterocycles. The molecule has 8 nitrogen and oxygen atoms in total. The molecule has 2 aliphatic heterocycles. The predicted molar refractivity (Wildman–Crippen MR) is 79.0 cm³/mol. The zero-order valence-electron chi connectivity index (χ0n) is 10.6. The number of fused-ring (bicyclic) bond motifs is 1. The highest BCUT2D eigenvalue weighted by Gasteiger charge is 2.48. The zero-order chi connectivity index (χ0) is 15.0. The number of hydrogen-bond donors (Lipinski definition) is 3. The van der Waals surface area contributed by atoms with Crippen molar-refractivity contribution in [2.75, 3.05) is 11.5 Å². The highest BCUT2D eigenvalue weighted by Crippen LogP contribution is 2.33. The average Bonchev–Trinajstić information content (AvgIpc) is 2.91. The molecule has 0 aliphatic carbocycles. The summed E-state index contributed by atoms with van der Waals surface area (Å²) >= 11 is 2.68. The van der Waals surface area contributed by atoms with Crippen LogP contribution in [0, 0.1) is 0 Å². The summed E-state index contributed by atoms with van der Waals surface area (Å²) < 4.78 is 0. The van der Waals surface area contributed by atoms with Gasteiger partial charge in [0, 0.05) is 17.3 Å². The van der Waals surface area contributed by atoms with Crippen molar-refractivity contribution in [2.45, 2.75) is 11.4 Å². The molecule has 0 radical (unpaired) electrons. The molecule has 21 heavy (non-hydrogen) atoms. The fraction of sp³-hybridized carbons (Fsp3) is 0.273. The molecular weight excluding hydrogens is 314 g/mol. The monoisotopic (exact) mass is 325 g/mol. The van der Waals surface area contributed by atoms with Crippen LogP contribution in [-0.4, -0.2) is 49.8 Å². The Bertz CT molecular complexity index is 656. The largest absolute Gasteiger partial charge is 0.410 e. The first-order valence-electron chi connectivity index (χ1n) is 5.96. The molecular formula is C11H11N5O3S2. The molecule has 2 atom stereocenters. The molecule has 110 valence electrons. The Labute approximate surface area is 127 Å². The first-order chi connectivity index (χ1) is 10.1. The van der Waals surface area contributed by atoms with E-state index in [0.717, 1.165) is 17.1 Å². The lowest BCUT2D eigenvalue weighted by molar-refractivity contribution is -0.143. The van der Waals surface area contributed by atoms with Crippen LogP contribution in [0.3, 0.4) is 0 Å². The van der Waals surface area contributed by atoms with Gasteiger partial charge in [-0.25, -0.2) is 4.98 Å². The Morgan fingerprint density at radius 2 is 2.43 bits per heavy atom. The van der Waals surface area contributed by atoms with Crippen LogP contribution in [0.2, 0.25) is 0 Å². The lowest BCUT2D eigenvalue weighted by Gasteiger charge is -2.46. The number of carbonyl (C=O) groups excluding carboxylic acids is 2. The van der Waals surface area contributed by atoms with Gasteiger partial charge < -0.3 is 21.2 Å². The second-order valence-electron chi connectivity index (χ2n) is 4.32. The third-order valence-electron chi connectivity index (χ3n) is 3.08. The van der Waals surface area contributed by atoms with Gasteiger partial charge in [0.25, 0.3) is 11.8 Å². The summed E-state index contributed by atoms with van der Waals surface area (Å²) in [6.07, 6.45) is 3.60. The molecule has 2 aliphatic rings. The third-order valence-corrected chi connectivity index (χ3v) is 4.97. The SMILES string of the molecule is Nc1nc(/C(=N/O)C(=O)N[C@@H]2C(=O)N3C=CCS[C@@H]23)cs1. The molecule has 1 saturated heterocycles. The van der Waals surface area contributed by atoms with Gasteiger partial charge in [0.15, 0.2) is 10.8 Å². The topological polar surface area (TPSA) is 121 Å². The van der Waals surface area contributed by atoms with Gasteiger partial charge in [0.05, 0.1) is 0 Å². The van der Waals surface area contributed by atoms with E-state index in [2.05, 4.69) is 15.5 Å². The maximum Gasteiger partial charge on any atom is 0.276 e. The predicted octanol–water partition coefficient (Wildman–Crippen LogP) is -0.183. The van der Waals surface area contributed by atoms with Crippen molar-refractivity contribution in [3.05, 3.63) is 23.3 Å². The Morgan fingerprint density at radius 1 is 1.62 bits per heavy atom. The lowest BCUT2D eigenvalue weighted by Crippen LogP contribution is -2.68. The van der Waals surface area contributed by atoms with Crippen LogP contribution in [0.5, 0.6) is 0 Å². The third kappa shape index (κ3) is 2.36. The van der Waals surface area contributed by atoms with Gasteiger partial charge in [-0.2, -0.15) is 0 Å². The number of carbonyl (C=O) groups is 2. The molecule has 1 fully saturated rings. The number of anilines is 1. The van der Waals surface area contributed by atoms with Crippen LogP contribution in [-0.2, 0) is 9.59 Å². The molecule has 3 rings (SSSR count). The van der Waals surface area contributed by atoms with Crippen molar-refractivity contribution in [1.82, 2.24) is 15.2 Å². The number of thiazole rings is 1. The molecule has 0 aromatic carbocycles. The Hall–Kier alpha value is -2.07. The fourth-order valence-electron chi connectivity index (χ4n) is 2.08. The highest BCUT2D eigenvalue weighted by atomic mass is 32.2. The minimum Gasteiger partial charge on any atom is -0.410 e. The summed E-state index contributed by atoms with van der Waals surface area (Å²) in [7, 11) is 0. The van der Waals surface area contributed by atoms with E-state index in [1.165, 1.54) is 5.38 Å². The lowest BCUT2D eigenvalue weighted by atomic mass is 10.1. The number of hydrogen-bond acceptors (Lipinski definition) is 8. The summed E-state index contributed by atoms with van der Waals surface area (Å²) in [4.78, 5) is 29.5. The van der Waals surface area contributed by atoms with Gasteiger partial charge in [-0.05, 0) is 0 Å². The number of thioether (sulfide) groups is 1. The minimum atomic E-state index is -0.657. The Balaban J connectivity index is 1.72. The van der Waals surface area contributed by atoms with E-state index in [0.29, 0.717) is 0 Å². The van der Waals surface area contributed by atoms with Crippen LogP contribution in [0.4, 0.5) is 5.13 Å². The summed E-state index contributed by atoms with van der Waals surface area (Å²) in [6.45, 7) is 0. The van der Waals surface area contributed by atoms with Gasteiger partial charge in [0.1, 0.15) is 17.1 Å². The van der Waals surface area contributed by atoms with Crippen LogP contribution < -0.4 is 11.1 Å². The van der Waals surface area contributed by atoms with E-state index in [1.807, 2.05) is 6.08 Å². The number of rotatable bonds is 3. The number of nitrogens with two attached hydrogens (primary N) is 1. The molecule has 2 amide bonds. The van der Waals surface area contributed by atoms with Crippen molar-refractivity contribution in [3.8, 4) is 0 Å². The second-order valence-corrected chi connectivity index (χ2v) is 6.36. The number of nitrogen functional groups attached to an aromatic ring is 1. The number of β-lactam (4-membered cyclic amide) rings is 1. The summed E-state index contributed by atoms with van der Waals surface area (Å²) in [5.41, 5.74) is 5.41. The van der Waals surface area contributed by atoms with E-state index in [9.17, 15) is 9.59 Å². The number of aromatic nitrogens is 1. The molecule has 10 heteroatoms. The Morgan fingerprint density at radius 3 is 3.10 bits per heavy atom. The number of amides is 2. The van der Waals surface area contributed by atoms with Crippen molar-refractivity contribution >= 4 is 45.8 Å². The quantitative estimate of drug-likeness (QED) is 0.307. The molecule has 0 spiro atoms. The van der Waals surface area contributed by atoms with Crippen molar-refractivity contribution in [1.29, 1.82) is 0 Å². The van der Waals surface area contributed by atoms with Gasteiger partial charge >= 0.3 is 0 Å². The van der Waals surface area contributed by atoms with Crippen LogP contribution >= 0.6 is 23.1 Å².